The minimum atomic E-state index is -0.159. The van der Waals surface area contributed by atoms with Crippen molar-refractivity contribution in [3.8, 4) is 11.5 Å². The number of rotatable bonds is 10. The van der Waals surface area contributed by atoms with E-state index < -0.39 is 0 Å². The Kier molecular flexibility index (Phi) is 8.10. The third-order valence-electron chi connectivity index (χ3n) is 5.46. The smallest absolute Gasteiger partial charge is 0.260 e. The van der Waals surface area contributed by atoms with Crippen molar-refractivity contribution in [2.24, 2.45) is 0 Å². The van der Waals surface area contributed by atoms with Gasteiger partial charge in [-0.15, -0.1) is 0 Å². The van der Waals surface area contributed by atoms with Gasteiger partial charge in [-0.25, -0.2) is 0 Å². The number of anilines is 1. The van der Waals surface area contributed by atoms with E-state index in [2.05, 4.69) is 5.32 Å². The zero-order valence-corrected chi connectivity index (χ0v) is 20.4. The van der Waals surface area contributed by atoms with Crippen LogP contribution in [0.3, 0.4) is 0 Å². The highest BCUT2D eigenvalue weighted by molar-refractivity contribution is 6.08. The Bertz CT molecular complexity index is 1100. The highest BCUT2D eigenvalue weighted by atomic mass is 16.5. The van der Waals surface area contributed by atoms with Gasteiger partial charge < -0.3 is 19.7 Å². The van der Waals surface area contributed by atoms with Crippen LogP contribution in [-0.4, -0.2) is 47.8 Å². The number of amides is 2. The molecule has 0 bridgehead atoms. The van der Waals surface area contributed by atoms with Crippen LogP contribution in [0.5, 0.6) is 11.5 Å². The summed E-state index contributed by atoms with van der Waals surface area (Å²) in [6.07, 6.45) is 3.48. The predicted octanol–water partition coefficient (Wildman–Crippen LogP) is 4.50. The second kappa shape index (κ2) is 11.0. The Hall–Kier alpha value is -3.61. The molecule has 2 amide bonds. The third-order valence-corrected chi connectivity index (χ3v) is 5.46. The van der Waals surface area contributed by atoms with Gasteiger partial charge in [-0.3, -0.25) is 14.4 Å². The topological polar surface area (TPSA) is 84.9 Å². The number of ketones is 1. The molecule has 2 aromatic rings. The average molecular weight is 465 g/mol. The Morgan fingerprint density at radius 2 is 1.76 bits per heavy atom. The lowest BCUT2D eigenvalue weighted by atomic mass is 10.0. The lowest BCUT2D eigenvalue weighted by Crippen LogP contribution is -2.44. The zero-order valence-electron chi connectivity index (χ0n) is 20.4. The molecule has 0 saturated heterocycles. The predicted molar refractivity (Wildman–Crippen MR) is 132 cm³/mol. The van der Waals surface area contributed by atoms with Crippen LogP contribution in [0.2, 0.25) is 0 Å². The molecule has 0 spiro atoms. The zero-order chi connectivity index (χ0) is 24.8. The summed E-state index contributed by atoms with van der Waals surface area (Å²) in [5, 5.41) is 2.76. The van der Waals surface area contributed by atoms with Crippen LogP contribution in [0.4, 0.5) is 5.69 Å². The van der Waals surface area contributed by atoms with Crippen LogP contribution in [0.1, 0.15) is 56.1 Å². The molecule has 180 valence electrons. The summed E-state index contributed by atoms with van der Waals surface area (Å²) in [5.74, 6) is 0.667. The van der Waals surface area contributed by atoms with Crippen molar-refractivity contribution in [2.45, 2.75) is 53.1 Å². The number of hydrogen-bond acceptors (Lipinski definition) is 5. The van der Waals surface area contributed by atoms with E-state index >= 15 is 0 Å². The van der Waals surface area contributed by atoms with E-state index in [1.807, 2.05) is 34.6 Å². The SMILES string of the molecule is CCOc1cc(/C=C/C(=O)c2ccc3c(c2)CC(=O)N3)ccc1OCC(=O)N(C(C)C)C(C)C. The molecule has 1 aliphatic rings. The first-order valence-electron chi connectivity index (χ1n) is 11.6. The summed E-state index contributed by atoms with van der Waals surface area (Å²) < 4.78 is 11.5. The standard InChI is InChI=1S/C27H32N2O5/c1-6-33-25-13-19(8-12-24(25)34-16-27(32)29(17(2)3)18(4)5)7-11-23(30)20-9-10-22-21(14-20)15-26(31)28-22/h7-14,17-18H,6,15-16H2,1-5H3,(H,28,31)/b11-7+. The van der Waals surface area contributed by atoms with Gasteiger partial charge in [-0.1, -0.05) is 12.1 Å². The van der Waals surface area contributed by atoms with Gasteiger partial charge in [0.05, 0.1) is 13.0 Å². The van der Waals surface area contributed by atoms with Crippen molar-refractivity contribution >= 4 is 29.4 Å². The Morgan fingerprint density at radius 3 is 2.44 bits per heavy atom. The first-order chi connectivity index (χ1) is 16.2. The van der Waals surface area contributed by atoms with Crippen LogP contribution in [0.15, 0.2) is 42.5 Å². The molecule has 0 radical (unpaired) electrons. The maximum Gasteiger partial charge on any atom is 0.260 e. The molecule has 0 saturated carbocycles. The fourth-order valence-corrected chi connectivity index (χ4v) is 4.05. The first-order valence-corrected chi connectivity index (χ1v) is 11.6. The highest BCUT2D eigenvalue weighted by Crippen LogP contribution is 2.29. The van der Waals surface area contributed by atoms with Gasteiger partial charge >= 0.3 is 0 Å². The quantitative estimate of drug-likeness (QED) is 0.413. The fraction of sp³-hybridized carbons (Fsp3) is 0.370. The Labute approximate surface area is 200 Å². The van der Waals surface area contributed by atoms with Gasteiger partial charge in [0.15, 0.2) is 23.9 Å². The molecule has 1 heterocycles. The molecule has 3 rings (SSSR count). The van der Waals surface area contributed by atoms with E-state index in [9.17, 15) is 14.4 Å². The molecule has 0 fully saturated rings. The van der Waals surface area contributed by atoms with Gasteiger partial charge in [0.1, 0.15) is 0 Å². The normalized spacial score (nSPS) is 12.7. The largest absolute Gasteiger partial charge is 0.490 e. The molecule has 7 nitrogen and oxygen atoms in total. The fourth-order valence-electron chi connectivity index (χ4n) is 4.05. The summed E-state index contributed by atoms with van der Waals surface area (Å²) in [7, 11) is 0. The number of carbonyl (C=O) groups excluding carboxylic acids is 3. The minimum absolute atomic E-state index is 0.0660. The molecular weight excluding hydrogens is 432 g/mol. The number of hydrogen-bond donors (Lipinski definition) is 1. The summed E-state index contributed by atoms with van der Waals surface area (Å²) in [5.41, 5.74) is 2.87. The number of fused-ring (bicyclic) bond motifs is 1. The van der Waals surface area contributed by atoms with E-state index in [0.29, 0.717) is 23.7 Å². The maximum absolute atomic E-state index is 12.6. The van der Waals surface area contributed by atoms with Crippen LogP contribution in [0.25, 0.3) is 6.08 Å². The van der Waals surface area contributed by atoms with Gasteiger partial charge in [0.2, 0.25) is 5.91 Å². The Balaban J connectivity index is 1.70. The average Bonchev–Trinajstić information content (AvgIpc) is 3.15. The van der Waals surface area contributed by atoms with Gasteiger partial charge in [0, 0.05) is 23.3 Å². The number of ether oxygens (including phenoxy) is 2. The molecule has 2 aromatic carbocycles. The lowest BCUT2D eigenvalue weighted by Gasteiger charge is -2.30. The van der Waals surface area contributed by atoms with Crippen LogP contribution >= 0.6 is 0 Å². The minimum Gasteiger partial charge on any atom is -0.490 e. The van der Waals surface area contributed by atoms with E-state index in [1.165, 1.54) is 6.08 Å². The van der Waals surface area contributed by atoms with E-state index in [-0.39, 0.29) is 42.7 Å². The summed E-state index contributed by atoms with van der Waals surface area (Å²) in [4.78, 5) is 38.6. The molecule has 0 unspecified atom stereocenters. The highest BCUT2D eigenvalue weighted by Gasteiger charge is 2.21. The molecule has 0 aromatic heterocycles. The van der Waals surface area contributed by atoms with Crippen molar-refractivity contribution in [1.29, 1.82) is 0 Å². The lowest BCUT2D eigenvalue weighted by molar-refractivity contribution is -0.137. The maximum atomic E-state index is 12.6. The number of allylic oxidation sites excluding steroid dienone is 1. The van der Waals surface area contributed by atoms with Crippen LogP contribution in [-0.2, 0) is 16.0 Å². The van der Waals surface area contributed by atoms with E-state index in [1.54, 1.807) is 47.4 Å². The van der Waals surface area contributed by atoms with Gasteiger partial charge in [0.25, 0.3) is 5.91 Å². The third kappa shape index (κ3) is 6.04. The van der Waals surface area contributed by atoms with Crippen molar-refractivity contribution in [1.82, 2.24) is 4.90 Å². The molecule has 34 heavy (non-hydrogen) atoms. The van der Waals surface area contributed by atoms with E-state index in [0.717, 1.165) is 16.8 Å². The number of carbonyl (C=O) groups is 3. The van der Waals surface area contributed by atoms with Crippen molar-refractivity contribution in [3.05, 3.63) is 59.2 Å². The number of nitrogens with one attached hydrogen (secondary N) is 1. The van der Waals surface area contributed by atoms with Crippen LogP contribution < -0.4 is 14.8 Å². The molecule has 1 N–H and O–H groups in total. The summed E-state index contributed by atoms with van der Waals surface area (Å²) >= 11 is 0. The van der Waals surface area contributed by atoms with Gasteiger partial charge in [-0.05, 0) is 82.2 Å². The molecular formula is C27H32N2O5. The van der Waals surface area contributed by atoms with Crippen LogP contribution in [0, 0.1) is 0 Å². The molecule has 0 atom stereocenters. The Morgan fingerprint density at radius 1 is 1.03 bits per heavy atom. The van der Waals surface area contributed by atoms with Crippen molar-refractivity contribution in [2.75, 3.05) is 18.5 Å². The second-order valence-electron chi connectivity index (χ2n) is 8.71. The molecule has 0 aliphatic carbocycles. The van der Waals surface area contributed by atoms with Crippen molar-refractivity contribution in [3.63, 3.8) is 0 Å². The monoisotopic (exact) mass is 464 g/mol. The molecule has 7 heteroatoms. The molecule has 1 aliphatic heterocycles. The first kappa shape index (κ1) is 25.0. The number of nitrogens with zero attached hydrogens (tertiary/aromatic N) is 1. The summed E-state index contributed by atoms with van der Waals surface area (Å²) in [6.45, 7) is 10.1. The second-order valence-corrected chi connectivity index (χ2v) is 8.71. The number of benzene rings is 2. The van der Waals surface area contributed by atoms with Gasteiger partial charge in [-0.2, -0.15) is 0 Å². The summed E-state index contributed by atoms with van der Waals surface area (Å²) in [6, 6.07) is 10.7. The van der Waals surface area contributed by atoms with Crippen molar-refractivity contribution < 1.29 is 23.9 Å². The van der Waals surface area contributed by atoms with E-state index in [4.69, 9.17) is 9.47 Å².